The molecular formula is C10H15NO3. The summed E-state index contributed by atoms with van der Waals surface area (Å²) in [6.07, 6.45) is 2.23. The molecule has 0 aliphatic carbocycles. The van der Waals surface area contributed by atoms with Gasteiger partial charge in [0, 0.05) is 18.2 Å². The Hall–Kier alpha value is -1.16. The maximum atomic E-state index is 11.4. The molecule has 78 valence electrons. The van der Waals surface area contributed by atoms with Crippen molar-refractivity contribution in [1.82, 2.24) is 4.90 Å². The quantitative estimate of drug-likeness (QED) is 0.666. The number of hydrogen-bond acceptors (Lipinski definition) is 3. The van der Waals surface area contributed by atoms with Gasteiger partial charge in [-0.3, -0.25) is 14.5 Å². The maximum absolute atomic E-state index is 11.4. The van der Waals surface area contributed by atoms with Gasteiger partial charge in [-0.2, -0.15) is 0 Å². The smallest absolute Gasteiger partial charge is 0.256 e. The Morgan fingerprint density at radius 2 is 2.14 bits per heavy atom. The first-order valence-electron chi connectivity index (χ1n) is 4.74. The number of aliphatic hydroxyl groups is 1. The first-order valence-corrected chi connectivity index (χ1v) is 4.74. The van der Waals surface area contributed by atoms with Gasteiger partial charge in [-0.05, 0) is 26.7 Å². The molecule has 1 aliphatic heterocycles. The average molecular weight is 197 g/mol. The lowest BCUT2D eigenvalue weighted by Gasteiger charge is -2.14. The highest BCUT2D eigenvalue weighted by atomic mass is 16.3. The highest BCUT2D eigenvalue weighted by molar-refractivity contribution is 6.15. The lowest BCUT2D eigenvalue weighted by molar-refractivity contribution is -0.137. The van der Waals surface area contributed by atoms with Crippen LogP contribution in [0, 0.1) is 0 Å². The molecule has 14 heavy (non-hydrogen) atoms. The lowest BCUT2D eigenvalue weighted by atomic mass is 10.2. The highest BCUT2D eigenvalue weighted by Crippen LogP contribution is 2.12. The van der Waals surface area contributed by atoms with Gasteiger partial charge in [0.15, 0.2) is 0 Å². The molecule has 4 nitrogen and oxygen atoms in total. The van der Waals surface area contributed by atoms with Crippen LogP contribution in [0.25, 0.3) is 0 Å². The van der Waals surface area contributed by atoms with Gasteiger partial charge in [0.2, 0.25) is 0 Å². The molecule has 0 radical (unpaired) electrons. The molecule has 0 fully saturated rings. The van der Waals surface area contributed by atoms with Gasteiger partial charge >= 0.3 is 0 Å². The summed E-state index contributed by atoms with van der Waals surface area (Å²) < 4.78 is 0. The Labute approximate surface area is 83.2 Å². The minimum absolute atomic E-state index is 0.208. The molecule has 4 heteroatoms. The first-order chi connectivity index (χ1) is 6.52. The molecule has 0 saturated carbocycles. The molecular weight excluding hydrogens is 182 g/mol. The van der Waals surface area contributed by atoms with Crippen molar-refractivity contribution in [2.24, 2.45) is 0 Å². The molecule has 1 heterocycles. The summed E-state index contributed by atoms with van der Waals surface area (Å²) in [7, 11) is 0. The molecule has 1 rings (SSSR count). The van der Waals surface area contributed by atoms with E-state index in [0.29, 0.717) is 25.0 Å². The van der Waals surface area contributed by atoms with E-state index in [1.807, 2.05) is 0 Å². The van der Waals surface area contributed by atoms with Gasteiger partial charge in [0.25, 0.3) is 11.8 Å². The van der Waals surface area contributed by atoms with Crippen molar-refractivity contribution >= 4 is 11.8 Å². The third-order valence-corrected chi connectivity index (χ3v) is 2.19. The zero-order valence-electron chi connectivity index (χ0n) is 8.49. The average Bonchev–Trinajstić information content (AvgIpc) is 2.31. The fraction of sp³-hybridized carbons (Fsp3) is 0.600. The van der Waals surface area contributed by atoms with Gasteiger partial charge in [0.05, 0.1) is 6.10 Å². The summed E-state index contributed by atoms with van der Waals surface area (Å²) in [5.74, 6) is -0.446. The molecule has 1 unspecified atom stereocenters. The highest BCUT2D eigenvalue weighted by Gasteiger charge is 2.27. The van der Waals surface area contributed by atoms with E-state index in [2.05, 4.69) is 0 Å². The zero-order chi connectivity index (χ0) is 10.7. The van der Waals surface area contributed by atoms with Crippen LogP contribution in [0.15, 0.2) is 11.6 Å². The van der Waals surface area contributed by atoms with E-state index in [9.17, 15) is 9.59 Å². The number of carbonyl (C=O) groups is 2. The maximum Gasteiger partial charge on any atom is 0.256 e. The van der Waals surface area contributed by atoms with Crippen molar-refractivity contribution in [3.05, 3.63) is 11.6 Å². The standard InChI is InChI=1S/C10H15NO3/c1-7-6-9(13)11(10(7)14)5-3-4-8(2)12/h6,8,12H,3-5H2,1-2H3. The van der Waals surface area contributed by atoms with Crippen molar-refractivity contribution in [2.45, 2.75) is 32.8 Å². The van der Waals surface area contributed by atoms with Crippen LogP contribution < -0.4 is 0 Å². The summed E-state index contributed by atoms with van der Waals surface area (Å²) in [5, 5.41) is 9.01. The number of carbonyl (C=O) groups excluding carboxylic acids is 2. The molecule has 0 aromatic rings. The van der Waals surface area contributed by atoms with Crippen molar-refractivity contribution < 1.29 is 14.7 Å². The second kappa shape index (κ2) is 4.37. The normalized spacial score (nSPS) is 18.8. The number of imide groups is 1. The number of amides is 2. The minimum Gasteiger partial charge on any atom is -0.393 e. The number of hydrogen-bond donors (Lipinski definition) is 1. The number of aliphatic hydroxyl groups excluding tert-OH is 1. The number of nitrogens with zero attached hydrogens (tertiary/aromatic N) is 1. The fourth-order valence-corrected chi connectivity index (χ4v) is 1.39. The van der Waals surface area contributed by atoms with Crippen LogP contribution in [0.2, 0.25) is 0 Å². The Bertz CT molecular complexity index is 281. The van der Waals surface area contributed by atoms with Crippen molar-refractivity contribution in [3.8, 4) is 0 Å². The Kier molecular flexibility index (Phi) is 3.41. The molecule has 0 aromatic carbocycles. The van der Waals surface area contributed by atoms with Crippen molar-refractivity contribution in [3.63, 3.8) is 0 Å². The molecule has 0 bridgehead atoms. The second-order valence-corrected chi connectivity index (χ2v) is 3.61. The van der Waals surface area contributed by atoms with E-state index in [4.69, 9.17) is 5.11 Å². The summed E-state index contributed by atoms with van der Waals surface area (Å²) >= 11 is 0. The van der Waals surface area contributed by atoms with Crippen LogP contribution in [-0.2, 0) is 9.59 Å². The molecule has 0 aromatic heterocycles. The first kappa shape index (κ1) is 10.9. The van der Waals surface area contributed by atoms with Crippen molar-refractivity contribution in [1.29, 1.82) is 0 Å². The van der Waals surface area contributed by atoms with Crippen molar-refractivity contribution in [2.75, 3.05) is 6.54 Å². The largest absolute Gasteiger partial charge is 0.393 e. The molecule has 1 aliphatic rings. The molecule has 1 atom stereocenters. The monoisotopic (exact) mass is 197 g/mol. The summed E-state index contributed by atoms with van der Waals surface area (Å²) in [6, 6.07) is 0. The van der Waals surface area contributed by atoms with E-state index < -0.39 is 0 Å². The van der Waals surface area contributed by atoms with E-state index >= 15 is 0 Å². The van der Waals surface area contributed by atoms with E-state index in [1.165, 1.54) is 11.0 Å². The second-order valence-electron chi connectivity index (χ2n) is 3.61. The molecule has 0 saturated heterocycles. The van der Waals surface area contributed by atoms with Crippen LogP contribution in [0.4, 0.5) is 0 Å². The third kappa shape index (κ3) is 2.42. The van der Waals surface area contributed by atoms with E-state index in [1.54, 1.807) is 13.8 Å². The van der Waals surface area contributed by atoms with Crippen LogP contribution in [-0.4, -0.2) is 34.5 Å². The Balaban J connectivity index is 2.40. The predicted octanol–water partition coefficient (Wildman–Crippen LogP) is 0.462. The fourth-order valence-electron chi connectivity index (χ4n) is 1.39. The SMILES string of the molecule is CC1=CC(=O)N(CCCC(C)O)C1=O. The summed E-state index contributed by atoms with van der Waals surface area (Å²) in [5.41, 5.74) is 0.493. The van der Waals surface area contributed by atoms with Gasteiger partial charge in [-0.15, -0.1) is 0 Å². The van der Waals surface area contributed by atoms with Gasteiger partial charge in [-0.25, -0.2) is 0 Å². The molecule has 2 amide bonds. The van der Waals surface area contributed by atoms with Crippen LogP contribution >= 0.6 is 0 Å². The summed E-state index contributed by atoms with van der Waals surface area (Å²) in [6.45, 7) is 3.72. The zero-order valence-corrected chi connectivity index (χ0v) is 8.49. The molecule has 0 spiro atoms. The lowest BCUT2D eigenvalue weighted by Crippen LogP contribution is -2.32. The Morgan fingerprint density at radius 3 is 2.57 bits per heavy atom. The van der Waals surface area contributed by atoms with E-state index in [0.717, 1.165) is 0 Å². The topological polar surface area (TPSA) is 57.6 Å². The van der Waals surface area contributed by atoms with E-state index in [-0.39, 0.29) is 17.9 Å². The Morgan fingerprint density at radius 1 is 1.50 bits per heavy atom. The number of rotatable bonds is 4. The minimum atomic E-state index is -0.378. The predicted molar refractivity (Wildman–Crippen MR) is 51.4 cm³/mol. The van der Waals surface area contributed by atoms with Gasteiger partial charge in [-0.1, -0.05) is 0 Å². The van der Waals surface area contributed by atoms with Crippen LogP contribution in [0.5, 0.6) is 0 Å². The van der Waals surface area contributed by atoms with Crippen LogP contribution in [0.1, 0.15) is 26.7 Å². The van der Waals surface area contributed by atoms with Crippen LogP contribution in [0.3, 0.4) is 0 Å². The van der Waals surface area contributed by atoms with Gasteiger partial charge < -0.3 is 5.11 Å². The van der Waals surface area contributed by atoms with Gasteiger partial charge in [0.1, 0.15) is 0 Å². The summed E-state index contributed by atoms with van der Waals surface area (Å²) in [4.78, 5) is 23.8. The third-order valence-electron chi connectivity index (χ3n) is 2.19. The molecule has 1 N–H and O–H groups in total.